The molecular formula is C20H22N2O4S. The van der Waals surface area contributed by atoms with E-state index >= 15 is 0 Å². The van der Waals surface area contributed by atoms with Gasteiger partial charge in [0, 0.05) is 17.1 Å². The molecule has 2 aromatic rings. The number of anilines is 1. The van der Waals surface area contributed by atoms with Gasteiger partial charge in [0.1, 0.15) is 5.56 Å². The van der Waals surface area contributed by atoms with Crippen molar-refractivity contribution in [3.8, 4) is 0 Å². The highest BCUT2D eigenvalue weighted by atomic mass is 32.2. The third-order valence-corrected chi connectivity index (χ3v) is 5.50. The Hall–Kier alpha value is -2.54. The zero-order valence-corrected chi connectivity index (χ0v) is 15.7. The van der Waals surface area contributed by atoms with Crippen LogP contribution >= 0.6 is 11.8 Å². The number of aryl methyl sites for hydroxylation is 2. The number of hydrogen-bond acceptors (Lipinski definition) is 4. The molecule has 0 saturated heterocycles. The molecule has 1 amide bonds. The number of benzene rings is 1. The molecule has 7 heteroatoms. The molecule has 0 atom stereocenters. The summed E-state index contributed by atoms with van der Waals surface area (Å²) in [7, 11) is 0. The molecule has 3 rings (SSSR count). The van der Waals surface area contributed by atoms with Crippen LogP contribution in [0.2, 0.25) is 0 Å². The molecule has 1 aromatic carbocycles. The van der Waals surface area contributed by atoms with Crippen molar-refractivity contribution in [2.45, 2.75) is 37.9 Å². The Morgan fingerprint density at radius 1 is 1.15 bits per heavy atom. The van der Waals surface area contributed by atoms with Crippen LogP contribution in [0, 0.1) is 0 Å². The van der Waals surface area contributed by atoms with Crippen LogP contribution in [0.3, 0.4) is 0 Å². The minimum Gasteiger partial charge on any atom is -0.481 e. The van der Waals surface area contributed by atoms with Gasteiger partial charge in [-0.05, 0) is 55.0 Å². The maximum Gasteiger partial charge on any atom is 0.313 e. The van der Waals surface area contributed by atoms with E-state index < -0.39 is 11.9 Å². The number of carbonyl (C=O) groups excluding carboxylic acids is 1. The summed E-state index contributed by atoms with van der Waals surface area (Å²) < 4.78 is 0. The van der Waals surface area contributed by atoms with Crippen molar-refractivity contribution in [3.63, 3.8) is 0 Å². The summed E-state index contributed by atoms with van der Waals surface area (Å²) in [6.45, 7) is 0. The van der Waals surface area contributed by atoms with Crippen LogP contribution in [0.5, 0.6) is 0 Å². The number of thioether (sulfide) groups is 1. The van der Waals surface area contributed by atoms with E-state index in [9.17, 15) is 14.4 Å². The normalized spacial score (nSPS) is 13.5. The summed E-state index contributed by atoms with van der Waals surface area (Å²) in [6, 6.07) is 8.94. The number of aliphatic carboxylic acids is 1. The van der Waals surface area contributed by atoms with Crippen molar-refractivity contribution < 1.29 is 14.7 Å². The second-order valence-corrected chi connectivity index (χ2v) is 7.60. The Bertz CT molecular complexity index is 907. The lowest BCUT2D eigenvalue weighted by atomic mass is 10.1. The molecule has 0 radical (unpaired) electrons. The number of hydrogen-bond donors (Lipinski definition) is 3. The second kappa shape index (κ2) is 8.90. The third-order valence-electron chi connectivity index (χ3n) is 4.51. The predicted molar refractivity (Wildman–Crippen MR) is 107 cm³/mol. The van der Waals surface area contributed by atoms with Crippen molar-refractivity contribution in [2.75, 3.05) is 11.1 Å². The minimum atomic E-state index is -0.855. The van der Waals surface area contributed by atoms with Crippen molar-refractivity contribution in [2.24, 2.45) is 0 Å². The molecule has 1 aliphatic rings. The molecule has 1 heterocycles. The average molecular weight is 386 g/mol. The summed E-state index contributed by atoms with van der Waals surface area (Å²) in [6.07, 6.45) is 4.98. The van der Waals surface area contributed by atoms with Gasteiger partial charge in [-0.1, -0.05) is 18.6 Å². The number of nitrogens with one attached hydrogen (secondary N) is 2. The number of pyridine rings is 1. The Balaban J connectivity index is 1.73. The van der Waals surface area contributed by atoms with Crippen LogP contribution in [0.15, 0.2) is 35.1 Å². The molecule has 0 aliphatic heterocycles. The Morgan fingerprint density at radius 2 is 1.96 bits per heavy atom. The Kier molecular flexibility index (Phi) is 6.34. The highest BCUT2D eigenvalue weighted by Gasteiger charge is 2.16. The van der Waals surface area contributed by atoms with Gasteiger partial charge in [-0.2, -0.15) is 0 Å². The first-order valence-electron chi connectivity index (χ1n) is 8.98. The van der Waals surface area contributed by atoms with Gasteiger partial charge in [0.2, 0.25) is 0 Å². The molecule has 142 valence electrons. The van der Waals surface area contributed by atoms with Gasteiger partial charge in [0.25, 0.3) is 11.5 Å². The number of H-pyrrole nitrogens is 1. The Labute approximate surface area is 161 Å². The molecule has 0 bridgehead atoms. The molecule has 6 nitrogen and oxygen atoms in total. The number of carbonyl (C=O) groups is 2. The molecule has 27 heavy (non-hydrogen) atoms. The molecule has 0 spiro atoms. The van der Waals surface area contributed by atoms with Gasteiger partial charge in [0.05, 0.1) is 5.75 Å². The minimum absolute atomic E-state index is 0.0289. The summed E-state index contributed by atoms with van der Waals surface area (Å²) >= 11 is 1.29. The average Bonchev–Trinajstić information content (AvgIpc) is 2.85. The maximum absolute atomic E-state index is 12.6. The second-order valence-electron chi connectivity index (χ2n) is 6.62. The molecule has 0 saturated carbocycles. The fourth-order valence-electron chi connectivity index (χ4n) is 3.21. The van der Waals surface area contributed by atoms with Gasteiger partial charge >= 0.3 is 5.97 Å². The summed E-state index contributed by atoms with van der Waals surface area (Å²) in [4.78, 5) is 38.4. The zero-order valence-electron chi connectivity index (χ0n) is 14.9. The van der Waals surface area contributed by atoms with E-state index in [2.05, 4.69) is 10.3 Å². The van der Waals surface area contributed by atoms with E-state index in [0.717, 1.165) is 48.9 Å². The molecule has 1 aliphatic carbocycles. The first-order valence-corrected chi connectivity index (χ1v) is 10.1. The number of carboxylic acids is 1. The maximum atomic E-state index is 12.6. The first kappa shape index (κ1) is 19.2. The number of aromatic nitrogens is 1. The lowest BCUT2D eigenvalue weighted by Gasteiger charge is -2.10. The third kappa shape index (κ3) is 5.23. The summed E-state index contributed by atoms with van der Waals surface area (Å²) in [5.74, 6) is -0.721. The van der Waals surface area contributed by atoms with E-state index in [1.807, 2.05) is 6.07 Å². The largest absolute Gasteiger partial charge is 0.481 e. The number of fused-ring (bicyclic) bond motifs is 1. The molecule has 0 fully saturated rings. The molecule has 1 aromatic heterocycles. The quantitative estimate of drug-likeness (QED) is 0.662. The molecule has 0 unspecified atom stereocenters. The van der Waals surface area contributed by atoms with Crippen LogP contribution in [0.25, 0.3) is 0 Å². The van der Waals surface area contributed by atoms with Crippen molar-refractivity contribution in [1.29, 1.82) is 0 Å². The van der Waals surface area contributed by atoms with E-state index in [0.29, 0.717) is 11.4 Å². The highest BCUT2D eigenvalue weighted by Crippen LogP contribution is 2.20. The first-order chi connectivity index (χ1) is 13.0. The summed E-state index contributed by atoms with van der Waals surface area (Å²) in [5.41, 5.74) is 3.27. The van der Waals surface area contributed by atoms with Crippen molar-refractivity contribution in [3.05, 3.63) is 63.1 Å². The SMILES string of the molecule is O=C(O)CSCc1cccc(NC(=O)c2cc3c([nH]c2=O)CCCCC3)c1. The van der Waals surface area contributed by atoms with Crippen LogP contribution in [0.4, 0.5) is 5.69 Å². The van der Waals surface area contributed by atoms with E-state index in [4.69, 9.17) is 5.11 Å². The smallest absolute Gasteiger partial charge is 0.313 e. The predicted octanol–water partition coefficient (Wildman–Crippen LogP) is 3.21. The Morgan fingerprint density at radius 3 is 2.78 bits per heavy atom. The topological polar surface area (TPSA) is 99.3 Å². The van der Waals surface area contributed by atoms with Crippen molar-refractivity contribution >= 4 is 29.3 Å². The van der Waals surface area contributed by atoms with E-state index in [1.165, 1.54) is 11.8 Å². The monoisotopic (exact) mass is 386 g/mol. The van der Waals surface area contributed by atoms with Crippen molar-refractivity contribution in [1.82, 2.24) is 4.98 Å². The zero-order chi connectivity index (χ0) is 19.2. The van der Waals surface area contributed by atoms with Crippen LogP contribution in [0.1, 0.15) is 46.4 Å². The number of carboxylic acid groups (broad SMARTS) is 1. The van der Waals surface area contributed by atoms with Gasteiger partial charge in [0.15, 0.2) is 0 Å². The number of amides is 1. The van der Waals surface area contributed by atoms with Crippen LogP contribution < -0.4 is 10.9 Å². The van der Waals surface area contributed by atoms with E-state index in [-0.39, 0.29) is 16.9 Å². The van der Waals surface area contributed by atoms with E-state index in [1.54, 1.807) is 24.3 Å². The fourth-order valence-corrected chi connectivity index (χ4v) is 3.91. The fraction of sp³-hybridized carbons (Fsp3) is 0.350. The van der Waals surface area contributed by atoms with Gasteiger partial charge in [-0.25, -0.2) is 0 Å². The number of rotatable bonds is 6. The molecule has 3 N–H and O–H groups in total. The molecular weight excluding hydrogens is 364 g/mol. The van der Waals surface area contributed by atoms with Gasteiger partial charge in [-0.3, -0.25) is 14.4 Å². The van der Waals surface area contributed by atoms with Gasteiger partial charge < -0.3 is 15.4 Å². The lowest BCUT2D eigenvalue weighted by Crippen LogP contribution is -2.25. The van der Waals surface area contributed by atoms with Gasteiger partial charge in [-0.15, -0.1) is 11.8 Å². The van der Waals surface area contributed by atoms with Crippen LogP contribution in [-0.4, -0.2) is 27.7 Å². The summed E-state index contributed by atoms with van der Waals surface area (Å²) in [5, 5.41) is 11.5. The lowest BCUT2D eigenvalue weighted by molar-refractivity contribution is -0.133. The van der Waals surface area contributed by atoms with Crippen LogP contribution in [-0.2, 0) is 23.4 Å². The highest BCUT2D eigenvalue weighted by molar-refractivity contribution is 7.99. The standard InChI is InChI=1S/C20H22N2O4S/c23-18(24)12-27-11-13-5-4-7-15(9-13)21-19(25)16-10-14-6-2-1-3-8-17(14)22-20(16)26/h4-5,7,9-10H,1-3,6,8,11-12H2,(H,21,25)(H,22,26)(H,23,24). The number of aromatic amines is 1.